The summed E-state index contributed by atoms with van der Waals surface area (Å²) in [5.74, 6) is -10.6. The van der Waals surface area contributed by atoms with E-state index in [1.165, 1.54) is 24.7 Å². The number of anilines is 1. The third kappa shape index (κ3) is 3.95. The Hall–Kier alpha value is -2.76. The maximum Gasteiger partial charge on any atom is 0.251 e. The van der Waals surface area contributed by atoms with Crippen molar-refractivity contribution in [3.8, 4) is 0 Å². The average molecular weight is 506 g/mol. The van der Waals surface area contributed by atoms with Gasteiger partial charge >= 0.3 is 0 Å². The van der Waals surface area contributed by atoms with E-state index in [0.29, 0.717) is 10.2 Å². The molecular weight excluding hydrogens is 489 g/mol. The summed E-state index contributed by atoms with van der Waals surface area (Å²) in [5, 5.41) is 10.9. The number of carbonyl (C=O) groups excluding carboxylic acids is 1. The van der Waals surface area contributed by atoms with Gasteiger partial charge in [-0.05, 0) is 43.6 Å². The van der Waals surface area contributed by atoms with Gasteiger partial charge in [0.05, 0.1) is 39.9 Å². The summed E-state index contributed by atoms with van der Waals surface area (Å²) in [4.78, 5) is 12.9. The van der Waals surface area contributed by atoms with Crippen LogP contribution in [0.5, 0.6) is 0 Å². The fourth-order valence-corrected chi connectivity index (χ4v) is 3.23. The SMILES string of the molecule is Cc1nn(Cc2c(F)c(F)c(F)c(F)c2F)c(C)c1NC(=O)C(C)(C)n1cc(Br)cn1. The summed E-state index contributed by atoms with van der Waals surface area (Å²) in [5.41, 5.74) is -1.30. The Morgan fingerprint density at radius 1 is 1.06 bits per heavy atom. The van der Waals surface area contributed by atoms with Crippen LogP contribution in [0, 0.1) is 42.9 Å². The third-order valence-electron chi connectivity index (χ3n) is 4.91. The van der Waals surface area contributed by atoms with Gasteiger partial charge in [0.25, 0.3) is 5.91 Å². The van der Waals surface area contributed by atoms with Crippen molar-refractivity contribution in [2.24, 2.45) is 0 Å². The van der Waals surface area contributed by atoms with E-state index >= 15 is 0 Å². The average Bonchev–Trinajstić information content (AvgIpc) is 3.27. The van der Waals surface area contributed by atoms with Gasteiger partial charge in [0.15, 0.2) is 23.3 Å². The van der Waals surface area contributed by atoms with E-state index in [1.807, 2.05) is 0 Å². The van der Waals surface area contributed by atoms with Crippen molar-refractivity contribution in [2.45, 2.75) is 39.8 Å². The monoisotopic (exact) mass is 505 g/mol. The summed E-state index contributed by atoms with van der Waals surface area (Å²) in [6.07, 6.45) is 3.14. The van der Waals surface area contributed by atoms with E-state index in [9.17, 15) is 26.7 Å². The van der Waals surface area contributed by atoms with Crippen LogP contribution < -0.4 is 5.32 Å². The van der Waals surface area contributed by atoms with Gasteiger partial charge < -0.3 is 5.32 Å². The lowest BCUT2D eigenvalue weighted by molar-refractivity contribution is -0.123. The Morgan fingerprint density at radius 2 is 1.61 bits per heavy atom. The fraction of sp³-hybridized carbons (Fsp3) is 0.316. The first kappa shape index (κ1) is 22.9. The van der Waals surface area contributed by atoms with Crippen LogP contribution in [0.15, 0.2) is 16.9 Å². The predicted octanol–water partition coefficient (Wildman–Crippen LogP) is 4.58. The molecule has 2 aromatic heterocycles. The molecule has 0 bridgehead atoms. The molecule has 0 aliphatic heterocycles. The highest BCUT2D eigenvalue weighted by atomic mass is 79.9. The summed E-state index contributed by atoms with van der Waals surface area (Å²) >= 11 is 3.26. The minimum absolute atomic E-state index is 0.258. The van der Waals surface area contributed by atoms with E-state index in [0.717, 1.165) is 4.68 Å². The van der Waals surface area contributed by atoms with Crippen LogP contribution >= 0.6 is 15.9 Å². The number of halogens is 6. The number of carbonyl (C=O) groups is 1. The highest BCUT2D eigenvalue weighted by molar-refractivity contribution is 9.10. The molecule has 0 unspecified atom stereocenters. The molecule has 0 aliphatic carbocycles. The zero-order valence-corrected chi connectivity index (χ0v) is 18.4. The topological polar surface area (TPSA) is 64.7 Å². The number of benzene rings is 1. The molecule has 31 heavy (non-hydrogen) atoms. The van der Waals surface area contributed by atoms with E-state index in [4.69, 9.17) is 0 Å². The number of rotatable bonds is 5. The van der Waals surface area contributed by atoms with Gasteiger partial charge in [-0.25, -0.2) is 22.0 Å². The zero-order valence-electron chi connectivity index (χ0n) is 16.8. The molecule has 1 amide bonds. The Balaban J connectivity index is 1.93. The third-order valence-corrected chi connectivity index (χ3v) is 5.32. The van der Waals surface area contributed by atoms with Crippen molar-refractivity contribution in [1.29, 1.82) is 0 Å². The van der Waals surface area contributed by atoms with Crippen LogP contribution in [0.2, 0.25) is 0 Å². The number of aryl methyl sites for hydroxylation is 1. The minimum Gasteiger partial charge on any atom is -0.321 e. The van der Waals surface area contributed by atoms with Gasteiger partial charge in [0.2, 0.25) is 5.82 Å². The smallest absolute Gasteiger partial charge is 0.251 e. The van der Waals surface area contributed by atoms with Gasteiger partial charge in [0.1, 0.15) is 5.54 Å². The van der Waals surface area contributed by atoms with E-state index in [2.05, 4.69) is 31.4 Å². The predicted molar refractivity (Wildman–Crippen MR) is 105 cm³/mol. The first-order chi connectivity index (χ1) is 14.4. The van der Waals surface area contributed by atoms with E-state index < -0.39 is 52.6 Å². The lowest BCUT2D eigenvalue weighted by atomic mass is 10.0. The number of nitrogens with one attached hydrogen (secondary N) is 1. The van der Waals surface area contributed by atoms with Crippen LogP contribution in [-0.2, 0) is 16.9 Å². The second kappa shape index (κ2) is 8.06. The molecule has 3 rings (SSSR count). The normalized spacial score (nSPS) is 11.8. The van der Waals surface area contributed by atoms with Gasteiger partial charge in [0, 0.05) is 6.20 Å². The fourth-order valence-electron chi connectivity index (χ4n) is 2.95. The van der Waals surface area contributed by atoms with Crippen molar-refractivity contribution in [3.05, 3.63) is 62.9 Å². The first-order valence-electron chi connectivity index (χ1n) is 8.92. The van der Waals surface area contributed by atoms with Crippen LogP contribution in [0.25, 0.3) is 0 Å². The van der Waals surface area contributed by atoms with Gasteiger partial charge in [-0.15, -0.1) is 0 Å². The standard InChI is InChI=1S/C19H17BrF5N5O/c1-8-17(27-18(31)19(3,4)30-6-10(20)5-26-30)9(2)29(28-8)7-11-12(21)14(23)16(25)15(24)13(11)22/h5-6H,7H2,1-4H3,(H,27,31). The Kier molecular flexibility index (Phi) is 5.96. The molecule has 0 fully saturated rings. The highest BCUT2D eigenvalue weighted by Gasteiger charge is 2.32. The van der Waals surface area contributed by atoms with Crippen LogP contribution in [-0.4, -0.2) is 25.5 Å². The summed E-state index contributed by atoms with van der Waals surface area (Å²) in [6, 6.07) is 0. The Bertz CT molecular complexity index is 1160. The molecule has 166 valence electrons. The number of amides is 1. The summed E-state index contributed by atoms with van der Waals surface area (Å²) in [6.45, 7) is 5.58. The number of aromatic nitrogens is 4. The van der Waals surface area contributed by atoms with Crippen LogP contribution in [0.4, 0.5) is 27.6 Å². The van der Waals surface area contributed by atoms with Gasteiger partial charge in [-0.3, -0.25) is 14.2 Å². The highest BCUT2D eigenvalue weighted by Crippen LogP contribution is 2.27. The molecule has 12 heteroatoms. The van der Waals surface area contributed by atoms with Crippen molar-refractivity contribution in [3.63, 3.8) is 0 Å². The van der Waals surface area contributed by atoms with Crippen LogP contribution in [0.3, 0.4) is 0 Å². The number of hydrogen-bond donors (Lipinski definition) is 1. The quantitative estimate of drug-likeness (QED) is 0.313. The zero-order chi connectivity index (χ0) is 23.2. The number of nitrogens with zero attached hydrogens (tertiary/aromatic N) is 4. The molecule has 0 aliphatic rings. The molecule has 1 N–H and O–H groups in total. The van der Waals surface area contributed by atoms with E-state index in [1.54, 1.807) is 20.0 Å². The molecule has 2 heterocycles. The van der Waals surface area contributed by atoms with Crippen molar-refractivity contribution in [1.82, 2.24) is 19.6 Å². The van der Waals surface area contributed by atoms with Crippen LogP contribution in [0.1, 0.15) is 30.8 Å². The summed E-state index contributed by atoms with van der Waals surface area (Å²) < 4.78 is 71.5. The van der Waals surface area contributed by atoms with Crippen molar-refractivity contribution in [2.75, 3.05) is 5.32 Å². The minimum atomic E-state index is -2.23. The van der Waals surface area contributed by atoms with Crippen molar-refractivity contribution >= 4 is 27.5 Å². The number of hydrogen-bond acceptors (Lipinski definition) is 3. The molecule has 0 saturated heterocycles. The van der Waals surface area contributed by atoms with E-state index in [-0.39, 0.29) is 11.4 Å². The lowest BCUT2D eigenvalue weighted by Gasteiger charge is -2.24. The largest absolute Gasteiger partial charge is 0.321 e. The maximum absolute atomic E-state index is 14.0. The second-order valence-electron chi connectivity index (χ2n) is 7.37. The first-order valence-corrected chi connectivity index (χ1v) is 9.72. The molecule has 1 aromatic carbocycles. The molecule has 0 radical (unpaired) electrons. The molecule has 0 saturated carbocycles. The molecule has 0 atom stereocenters. The van der Waals surface area contributed by atoms with Gasteiger partial charge in [-0.2, -0.15) is 10.2 Å². The Morgan fingerprint density at radius 3 is 2.13 bits per heavy atom. The second-order valence-corrected chi connectivity index (χ2v) is 8.28. The molecule has 0 spiro atoms. The Labute approximate surface area is 182 Å². The van der Waals surface area contributed by atoms with Gasteiger partial charge in [-0.1, -0.05) is 0 Å². The lowest BCUT2D eigenvalue weighted by Crippen LogP contribution is -2.40. The summed E-state index contributed by atoms with van der Waals surface area (Å²) in [7, 11) is 0. The molecular formula is C19H17BrF5N5O. The molecule has 3 aromatic rings. The molecule has 6 nitrogen and oxygen atoms in total. The maximum atomic E-state index is 14.0. The van der Waals surface area contributed by atoms with Crippen molar-refractivity contribution < 1.29 is 26.7 Å².